The molecule has 136 valence electrons. The van der Waals surface area contributed by atoms with E-state index in [1.54, 1.807) is 12.2 Å². The largest absolute Gasteiger partial charge is 0.365 e. The number of rotatable bonds is 8. The van der Waals surface area contributed by atoms with Gasteiger partial charge in [0.2, 0.25) is 11.8 Å². The highest BCUT2D eigenvalue weighted by Crippen LogP contribution is 2.39. The van der Waals surface area contributed by atoms with Gasteiger partial charge in [0.15, 0.2) is 0 Å². The third-order valence-electron chi connectivity index (χ3n) is 4.07. The maximum absolute atomic E-state index is 12.4. The minimum atomic E-state index is -4.17. The van der Waals surface area contributed by atoms with Gasteiger partial charge in [0.25, 0.3) is 0 Å². The van der Waals surface area contributed by atoms with Gasteiger partial charge in [-0.15, -0.1) is 0 Å². The summed E-state index contributed by atoms with van der Waals surface area (Å²) in [5.41, 5.74) is 0. The number of amides is 2. The molecule has 0 aromatic rings. The van der Waals surface area contributed by atoms with Gasteiger partial charge < -0.3 is 30.1 Å². The molecule has 1 fully saturated rings. The van der Waals surface area contributed by atoms with Crippen LogP contribution in [-0.4, -0.2) is 78.6 Å². The van der Waals surface area contributed by atoms with E-state index in [-0.39, 0.29) is 12.5 Å². The molecule has 0 radical (unpaired) electrons. The lowest BCUT2D eigenvalue weighted by Gasteiger charge is -2.24. The number of fused-ring (bicyclic) bond motifs is 2. The van der Waals surface area contributed by atoms with Gasteiger partial charge in [0.05, 0.1) is 30.2 Å². The first-order chi connectivity index (χ1) is 11.2. The molecule has 9 nitrogen and oxygen atoms in total. The van der Waals surface area contributed by atoms with Gasteiger partial charge in [-0.25, -0.2) is 0 Å². The Morgan fingerprint density at radius 2 is 1.58 bits per heavy atom. The zero-order chi connectivity index (χ0) is 17.9. The van der Waals surface area contributed by atoms with Crippen molar-refractivity contribution in [2.24, 2.45) is 11.8 Å². The number of carbonyl (C=O) groups is 2. The number of hydrogen-bond acceptors (Lipinski definition) is 5. The van der Waals surface area contributed by atoms with Gasteiger partial charge in [-0.05, 0) is 14.1 Å². The smallest absolute Gasteiger partial charge is 0.327 e. The van der Waals surface area contributed by atoms with Crippen LogP contribution in [0, 0.1) is 11.8 Å². The zero-order valence-electron chi connectivity index (χ0n) is 13.7. The molecule has 24 heavy (non-hydrogen) atoms. The lowest BCUT2D eigenvalue weighted by atomic mass is 9.81. The zero-order valence-corrected chi connectivity index (χ0v) is 14.6. The highest BCUT2D eigenvalue weighted by Gasteiger charge is 2.52. The molecule has 10 heteroatoms. The number of nitrogens with zero attached hydrogens (tertiary/aromatic N) is 1. The van der Waals surface area contributed by atoms with Crippen LogP contribution in [0.2, 0.25) is 0 Å². The van der Waals surface area contributed by atoms with Crippen molar-refractivity contribution < 1.29 is 28.7 Å². The average molecular weight is 361 g/mol. The first-order valence-electron chi connectivity index (χ1n) is 7.77. The predicted octanol–water partition coefficient (Wildman–Crippen LogP) is -1.47. The molecule has 4 N–H and O–H groups in total. The molecule has 0 aliphatic carbocycles. The fourth-order valence-corrected chi connectivity index (χ4v) is 3.30. The van der Waals surface area contributed by atoms with Crippen LogP contribution in [0.25, 0.3) is 0 Å². The number of nitrogens with one attached hydrogen (secondary N) is 2. The Hall–Kier alpha value is -1.25. The van der Waals surface area contributed by atoms with Gasteiger partial charge >= 0.3 is 7.60 Å². The number of hydrogen-bond donors (Lipinski definition) is 4. The van der Waals surface area contributed by atoms with Crippen LogP contribution in [0.5, 0.6) is 0 Å². The van der Waals surface area contributed by atoms with Crippen LogP contribution in [0.4, 0.5) is 0 Å². The number of likely N-dealkylation sites (N-methyl/N-ethyl adjacent to an activating group) is 1. The van der Waals surface area contributed by atoms with Crippen molar-refractivity contribution in [2.45, 2.75) is 12.2 Å². The fraction of sp³-hybridized carbons (Fsp3) is 0.714. The standard InChI is InChI=1S/C14H24N3O6P/c1-17(2)7-5-15-13(18)11-9-3-4-10(23-9)12(11)14(19)16-6-8-24(20,21)22/h3-4,9-12H,5-8H2,1-2H3,(H,15,18)(H,16,19)(H2,20,21,22)/t9-,10+,11?,12?/m1/s1. The van der Waals surface area contributed by atoms with E-state index in [1.807, 2.05) is 19.0 Å². The third-order valence-corrected chi connectivity index (χ3v) is 4.87. The average Bonchev–Trinajstić information content (AvgIpc) is 3.05. The lowest BCUT2D eigenvalue weighted by molar-refractivity contribution is -0.134. The van der Waals surface area contributed by atoms with E-state index in [4.69, 9.17) is 14.5 Å². The molecule has 2 aliphatic heterocycles. The van der Waals surface area contributed by atoms with E-state index >= 15 is 0 Å². The molecule has 2 rings (SSSR count). The normalized spacial score (nSPS) is 28.4. The van der Waals surface area contributed by atoms with E-state index < -0.39 is 43.7 Å². The Morgan fingerprint density at radius 1 is 1.08 bits per heavy atom. The second kappa shape index (κ2) is 7.76. The first-order valence-corrected chi connectivity index (χ1v) is 9.57. The van der Waals surface area contributed by atoms with Gasteiger partial charge in [0, 0.05) is 19.6 Å². The van der Waals surface area contributed by atoms with Crippen LogP contribution in [0.3, 0.4) is 0 Å². The van der Waals surface area contributed by atoms with Gasteiger partial charge in [0.1, 0.15) is 0 Å². The molecule has 2 heterocycles. The van der Waals surface area contributed by atoms with Crippen molar-refractivity contribution in [1.29, 1.82) is 0 Å². The first kappa shape index (κ1) is 19.1. The predicted molar refractivity (Wildman–Crippen MR) is 86.3 cm³/mol. The SMILES string of the molecule is CN(C)CCNC(=O)C1C(C(=O)NCCP(=O)(O)O)[C@@H]2C=C[C@H]1O2. The Morgan fingerprint density at radius 3 is 2.04 bits per heavy atom. The molecule has 2 bridgehead atoms. The van der Waals surface area contributed by atoms with Crippen molar-refractivity contribution in [2.75, 3.05) is 39.9 Å². The van der Waals surface area contributed by atoms with E-state index in [0.29, 0.717) is 13.1 Å². The summed E-state index contributed by atoms with van der Waals surface area (Å²) < 4.78 is 16.5. The Kier molecular flexibility index (Phi) is 6.17. The van der Waals surface area contributed by atoms with Crippen LogP contribution in [0.15, 0.2) is 12.2 Å². The molecular formula is C14H24N3O6P. The molecule has 2 unspecified atom stereocenters. The Bertz CT molecular complexity index is 561. The molecular weight excluding hydrogens is 337 g/mol. The fourth-order valence-electron chi connectivity index (χ4n) is 2.90. The molecule has 2 aliphatic rings. The second-order valence-electron chi connectivity index (χ2n) is 6.28. The van der Waals surface area contributed by atoms with Crippen molar-refractivity contribution in [1.82, 2.24) is 15.5 Å². The summed E-state index contributed by atoms with van der Waals surface area (Å²) >= 11 is 0. The third kappa shape index (κ3) is 4.87. The lowest BCUT2D eigenvalue weighted by Crippen LogP contribution is -2.47. The summed E-state index contributed by atoms with van der Waals surface area (Å²) in [5, 5.41) is 5.30. The highest BCUT2D eigenvalue weighted by molar-refractivity contribution is 7.51. The molecule has 1 saturated heterocycles. The Labute approximate surface area is 140 Å². The second-order valence-corrected chi connectivity index (χ2v) is 8.05. The van der Waals surface area contributed by atoms with Crippen molar-refractivity contribution in [3.63, 3.8) is 0 Å². The number of ether oxygens (including phenoxy) is 1. The van der Waals surface area contributed by atoms with Gasteiger partial charge in [-0.1, -0.05) is 12.2 Å². The van der Waals surface area contributed by atoms with E-state index in [1.165, 1.54) is 0 Å². The molecule has 0 spiro atoms. The molecule has 0 aromatic heterocycles. The Balaban J connectivity index is 1.94. The summed E-state index contributed by atoms with van der Waals surface area (Å²) in [4.78, 5) is 44.4. The summed E-state index contributed by atoms with van der Waals surface area (Å²) in [6.07, 6.45) is 2.18. The molecule has 4 atom stereocenters. The highest BCUT2D eigenvalue weighted by atomic mass is 31.2. The van der Waals surface area contributed by atoms with Crippen LogP contribution >= 0.6 is 7.60 Å². The molecule has 0 aromatic carbocycles. The van der Waals surface area contributed by atoms with Crippen molar-refractivity contribution >= 4 is 19.4 Å². The summed E-state index contributed by atoms with van der Waals surface area (Å²) in [7, 11) is -0.378. The minimum Gasteiger partial charge on any atom is -0.365 e. The van der Waals surface area contributed by atoms with E-state index in [0.717, 1.165) is 0 Å². The monoisotopic (exact) mass is 361 g/mol. The topological polar surface area (TPSA) is 128 Å². The maximum atomic E-state index is 12.4. The van der Waals surface area contributed by atoms with Crippen LogP contribution in [-0.2, 0) is 18.9 Å². The minimum absolute atomic E-state index is 0.143. The summed E-state index contributed by atoms with van der Waals surface area (Å²) in [5.74, 6) is -1.98. The molecule has 2 amide bonds. The van der Waals surface area contributed by atoms with Gasteiger partial charge in [-0.3, -0.25) is 14.2 Å². The maximum Gasteiger partial charge on any atom is 0.327 e. The quantitative estimate of drug-likeness (QED) is 0.307. The summed E-state index contributed by atoms with van der Waals surface area (Å²) in [6, 6.07) is 0. The van der Waals surface area contributed by atoms with Crippen LogP contribution in [0.1, 0.15) is 0 Å². The van der Waals surface area contributed by atoms with Crippen LogP contribution < -0.4 is 10.6 Å². The van der Waals surface area contributed by atoms with Crippen molar-refractivity contribution in [3.05, 3.63) is 12.2 Å². The molecule has 0 saturated carbocycles. The van der Waals surface area contributed by atoms with Gasteiger partial charge in [-0.2, -0.15) is 0 Å². The summed E-state index contributed by atoms with van der Waals surface area (Å²) in [6.45, 7) is 1.01. The van der Waals surface area contributed by atoms with E-state index in [9.17, 15) is 14.2 Å². The van der Waals surface area contributed by atoms with E-state index in [2.05, 4.69) is 10.6 Å². The number of carbonyl (C=O) groups excluding carboxylic acids is 2. The van der Waals surface area contributed by atoms with Crippen molar-refractivity contribution in [3.8, 4) is 0 Å².